The monoisotopic (exact) mass is 387 g/mol. The molecule has 0 spiro atoms. The van der Waals surface area contributed by atoms with Crippen LogP contribution in [0, 0.1) is 4.84 Å². The second kappa shape index (κ2) is 6.53. The van der Waals surface area contributed by atoms with E-state index in [-0.39, 0.29) is 6.79 Å². The zero-order chi connectivity index (χ0) is 17.5. The van der Waals surface area contributed by atoms with Gasteiger partial charge in [0.1, 0.15) is 0 Å². The first-order valence-electron chi connectivity index (χ1n) is 8.53. The van der Waals surface area contributed by atoms with Gasteiger partial charge in [0.05, 0.1) is 6.67 Å². The fourth-order valence-corrected chi connectivity index (χ4v) is 4.59. The highest BCUT2D eigenvalue weighted by molar-refractivity contribution is 7.71. The molecule has 0 saturated carbocycles. The largest absolute Gasteiger partial charge is 0.454 e. The van der Waals surface area contributed by atoms with Gasteiger partial charge in [-0.2, -0.15) is 0 Å². The van der Waals surface area contributed by atoms with Crippen molar-refractivity contribution in [2.75, 3.05) is 13.3 Å². The number of fused-ring (bicyclic) bond motifs is 1. The summed E-state index contributed by atoms with van der Waals surface area (Å²) in [6.45, 7) is 1.92. The molecule has 0 bridgehead atoms. The van der Waals surface area contributed by atoms with E-state index in [2.05, 4.69) is 27.5 Å². The smallest absolute Gasteiger partial charge is 0.288 e. The standard InChI is InChI=1S/C18H17N3O3S2/c25-18-21(10-20-7-1-3-13(20)16-4-2-8-26-16)19-17(24-18)12-5-6-14-15(9-12)23-11-22-14/h2,4-6,8-9,13H,1,3,7,10-11H2/t13-/m0/s1. The van der Waals surface area contributed by atoms with Crippen molar-refractivity contribution >= 4 is 23.6 Å². The zero-order valence-electron chi connectivity index (χ0n) is 14.0. The number of aromatic nitrogens is 2. The van der Waals surface area contributed by atoms with Crippen LogP contribution in [0.5, 0.6) is 11.5 Å². The molecule has 2 aromatic heterocycles. The van der Waals surface area contributed by atoms with E-state index >= 15 is 0 Å². The summed E-state index contributed by atoms with van der Waals surface area (Å²) in [5.41, 5.74) is 0.829. The Morgan fingerprint density at radius 3 is 3.04 bits per heavy atom. The summed E-state index contributed by atoms with van der Waals surface area (Å²) >= 11 is 7.20. The Kier molecular flexibility index (Phi) is 4.03. The molecular weight excluding hydrogens is 370 g/mol. The summed E-state index contributed by atoms with van der Waals surface area (Å²) in [5, 5.41) is 6.73. The minimum atomic E-state index is 0.246. The maximum Gasteiger partial charge on any atom is 0.288 e. The Morgan fingerprint density at radius 1 is 1.23 bits per heavy atom. The molecule has 0 N–H and O–H groups in total. The Labute approximate surface area is 159 Å². The van der Waals surface area contributed by atoms with E-state index in [9.17, 15) is 0 Å². The first-order chi connectivity index (χ1) is 12.8. The van der Waals surface area contributed by atoms with Gasteiger partial charge in [0.2, 0.25) is 12.7 Å². The van der Waals surface area contributed by atoms with Crippen LogP contribution in [0.25, 0.3) is 11.5 Å². The number of benzene rings is 1. The van der Waals surface area contributed by atoms with Crippen molar-refractivity contribution in [3.05, 3.63) is 45.4 Å². The lowest BCUT2D eigenvalue weighted by molar-refractivity contribution is 0.174. The molecule has 4 heterocycles. The molecule has 3 aromatic rings. The second-order valence-corrected chi connectivity index (χ2v) is 7.70. The van der Waals surface area contributed by atoms with E-state index in [0.29, 0.717) is 29.2 Å². The molecule has 1 aromatic carbocycles. The molecule has 1 saturated heterocycles. The van der Waals surface area contributed by atoms with Crippen molar-refractivity contribution in [3.63, 3.8) is 0 Å². The second-order valence-electron chi connectivity index (χ2n) is 6.37. The zero-order valence-corrected chi connectivity index (χ0v) is 15.6. The summed E-state index contributed by atoms with van der Waals surface area (Å²) in [6, 6.07) is 10.4. The van der Waals surface area contributed by atoms with E-state index in [0.717, 1.165) is 17.9 Å². The van der Waals surface area contributed by atoms with E-state index in [1.807, 2.05) is 18.2 Å². The van der Waals surface area contributed by atoms with Gasteiger partial charge in [-0.05, 0) is 54.7 Å². The molecule has 0 unspecified atom stereocenters. The molecule has 5 rings (SSSR count). The molecule has 2 aliphatic rings. The van der Waals surface area contributed by atoms with Crippen LogP contribution in [-0.2, 0) is 6.67 Å². The SMILES string of the molecule is S=c1oc(-c2ccc3c(c2)OCO3)nn1CN1CCC[C@H]1c1cccs1. The van der Waals surface area contributed by atoms with Crippen LogP contribution >= 0.6 is 23.6 Å². The Hall–Kier alpha value is -2.16. The molecule has 0 radical (unpaired) electrons. The molecule has 0 amide bonds. The van der Waals surface area contributed by atoms with Gasteiger partial charge >= 0.3 is 0 Å². The third kappa shape index (κ3) is 2.84. The van der Waals surface area contributed by atoms with Gasteiger partial charge in [0, 0.05) is 23.0 Å². The summed E-state index contributed by atoms with van der Waals surface area (Å²) in [5.74, 6) is 1.94. The average Bonchev–Trinajstić information content (AvgIpc) is 3.42. The van der Waals surface area contributed by atoms with Crippen LogP contribution in [0.4, 0.5) is 0 Å². The van der Waals surface area contributed by atoms with Gasteiger partial charge < -0.3 is 13.9 Å². The first-order valence-corrected chi connectivity index (χ1v) is 9.82. The number of hydrogen-bond donors (Lipinski definition) is 0. The number of likely N-dealkylation sites (tertiary alicyclic amines) is 1. The maximum absolute atomic E-state index is 5.74. The quantitative estimate of drug-likeness (QED) is 0.616. The number of rotatable bonds is 4. The Morgan fingerprint density at radius 2 is 2.15 bits per heavy atom. The van der Waals surface area contributed by atoms with Gasteiger partial charge in [-0.25, -0.2) is 4.68 Å². The molecule has 134 valence electrons. The summed E-state index contributed by atoms with van der Waals surface area (Å²) in [4.78, 5) is 4.19. The number of thiophene rings is 1. The molecule has 1 atom stereocenters. The number of hydrogen-bond acceptors (Lipinski definition) is 7. The third-order valence-electron chi connectivity index (χ3n) is 4.78. The number of nitrogens with zero attached hydrogens (tertiary/aromatic N) is 3. The fraction of sp³-hybridized carbons (Fsp3) is 0.333. The summed E-state index contributed by atoms with van der Waals surface area (Å²) in [7, 11) is 0. The van der Waals surface area contributed by atoms with Gasteiger partial charge in [0.15, 0.2) is 11.5 Å². The lowest BCUT2D eigenvalue weighted by Gasteiger charge is -2.22. The fourth-order valence-electron chi connectivity index (χ4n) is 3.51. The normalized spacial score (nSPS) is 19.3. The van der Waals surface area contributed by atoms with Gasteiger partial charge in [-0.1, -0.05) is 6.07 Å². The summed E-state index contributed by atoms with van der Waals surface area (Å²) in [6.07, 6.45) is 2.35. The molecular formula is C18H17N3O3S2. The van der Waals surface area contributed by atoms with Crippen LogP contribution in [0.3, 0.4) is 0 Å². The summed E-state index contributed by atoms with van der Waals surface area (Å²) < 4.78 is 18.3. The van der Waals surface area contributed by atoms with Crippen molar-refractivity contribution in [1.82, 2.24) is 14.7 Å². The predicted molar refractivity (Wildman–Crippen MR) is 99.9 cm³/mol. The van der Waals surface area contributed by atoms with E-state index in [4.69, 9.17) is 26.1 Å². The highest BCUT2D eigenvalue weighted by Gasteiger charge is 2.27. The molecule has 1 fully saturated rings. The Bertz CT molecular complexity index is 980. The maximum atomic E-state index is 5.74. The molecule has 6 nitrogen and oxygen atoms in total. The minimum absolute atomic E-state index is 0.246. The van der Waals surface area contributed by atoms with Crippen molar-refractivity contribution in [2.45, 2.75) is 25.6 Å². The lowest BCUT2D eigenvalue weighted by atomic mass is 10.2. The lowest BCUT2D eigenvalue weighted by Crippen LogP contribution is -2.26. The molecule has 26 heavy (non-hydrogen) atoms. The van der Waals surface area contributed by atoms with Crippen LogP contribution < -0.4 is 9.47 Å². The van der Waals surface area contributed by atoms with E-state index in [1.54, 1.807) is 16.0 Å². The van der Waals surface area contributed by atoms with Crippen LogP contribution in [0.1, 0.15) is 23.8 Å². The van der Waals surface area contributed by atoms with E-state index in [1.165, 1.54) is 17.7 Å². The van der Waals surface area contributed by atoms with Crippen LogP contribution in [0.2, 0.25) is 0 Å². The third-order valence-corrected chi connectivity index (χ3v) is 6.04. The average molecular weight is 387 g/mol. The molecule has 8 heteroatoms. The highest BCUT2D eigenvalue weighted by Crippen LogP contribution is 2.36. The topological polar surface area (TPSA) is 52.7 Å². The van der Waals surface area contributed by atoms with Crippen molar-refractivity contribution in [1.29, 1.82) is 0 Å². The molecule has 2 aliphatic heterocycles. The molecule has 0 aliphatic carbocycles. The highest BCUT2D eigenvalue weighted by atomic mass is 32.1. The van der Waals surface area contributed by atoms with Crippen molar-refractivity contribution < 1.29 is 13.9 Å². The minimum Gasteiger partial charge on any atom is -0.454 e. The van der Waals surface area contributed by atoms with Gasteiger partial charge in [-0.15, -0.1) is 16.4 Å². The van der Waals surface area contributed by atoms with Crippen molar-refractivity contribution in [3.8, 4) is 23.0 Å². The van der Waals surface area contributed by atoms with Gasteiger partial charge in [-0.3, -0.25) is 4.90 Å². The first kappa shape index (κ1) is 16.0. The van der Waals surface area contributed by atoms with Crippen LogP contribution in [0.15, 0.2) is 40.1 Å². The van der Waals surface area contributed by atoms with Crippen molar-refractivity contribution in [2.24, 2.45) is 0 Å². The van der Waals surface area contributed by atoms with Gasteiger partial charge in [0.25, 0.3) is 4.84 Å². The van der Waals surface area contributed by atoms with E-state index < -0.39 is 0 Å². The van der Waals surface area contributed by atoms with Crippen LogP contribution in [-0.4, -0.2) is 28.0 Å². The predicted octanol–water partition coefficient (Wildman–Crippen LogP) is 4.46. The number of ether oxygens (including phenoxy) is 2. The Balaban J connectivity index is 1.40.